The lowest BCUT2D eigenvalue weighted by atomic mass is 9.78. The van der Waals surface area contributed by atoms with Gasteiger partial charge in [-0.3, -0.25) is 0 Å². The molecule has 0 aliphatic carbocycles. The lowest BCUT2D eigenvalue weighted by Crippen LogP contribution is -2.39. The summed E-state index contributed by atoms with van der Waals surface area (Å²) < 4.78 is 0. The maximum absolute atomic E-state index is 6.51. The van der Waals surface area contributed by atoms with E-state index >= 15 is 0 Å². The second-order valence-corrected chi connectivity index (χ2v) is 7.18. The van der Waals surface area contributed by atoms with Crippen LogP contribution in [0.1, 0.15) is 52.0 Å². The van der Waals surface area contributed by atoms with Gasteiger partial charge in [-0.15, -0.1) is 0 Å². The third kappa shape index (κ3) is 3.92. The van der Waals surface area contributed by atoms with Crippen molar-refractivity contribution in [2.24, 2.45) is 11.1 Å². The van der Waals surface area contributed by atoms with Crippen LogP contribution < -0.4 is 10.6 Å². The van der Waals surface area contributed by atoms with Gasteiger partial charge in [0.15, 0.2) is 0 Å². The Morgan fingerprint density at radius 1 is 1.29 bits per heavy atom. The van der Waals surface area contributed by atoms with Crippen LogP contribution in [-0.2, 0) is 6.42 Å². The first kappa shape index (κ1) is 16.6. The van der Waals surface area contributed by atoms with Gasteiger partial charge in [0.2, 0.25) is 0 Å². The molecule has 2 nitrogen and oxygen atoms in total. The number of rotatable bonds is 5. The van der Waals surface area contributed by atoms with Gasteiger partial charge in [-0.05, 0) is 42.7 Å². The van der Waals surface area contributed by atoms with E-state index in [-0.39, 0.29) is 6.04 Å². The SMILES string of the molecule is CCC(N)Cc1cccc(Cl)c1N1CCC(C)(CC)CC1. The van der Waals surface area contributed by atoms with Gasteiger partial charge in [0, 0.05) is 19.1 Å². The first-order valence-electron chi connectivity index (χ1n) is 8.27. The fourth-order valence-electron chi connectivity index (χ4n) is 3.13. The summed E-state index contributed by atoms with van der Waals surface area (Å²) in [7, 11) is 0. The number of piperidine rings is 1. The molecule has 1 heterocycles. The molecule has 1 fully saturated rings. The van der Waals surface area contributed by atoms with Crippen LogP contribution >= 0.6 is 11.6 Å². The number of nitrogens with zero attached hydrogens (tertiary/aromatic N) is 1. The Kier molecular flexibility index (Phi) is 5.56. The van der Waals surface area contributed by atoms with Crippen LogP contribution in [0.3, 0.4) is 0 Å². The van der Waals surface area contributed by atoms with E-state index < -0.39 is 0 Å². The van der Waals surface area contributed by atoms with Crippen LogP contribution in [0.5, 0.6) is 0 Å². The van der Waals surface area contributed by atoms with Crippen molar-refractivity contribution in [1.29, 1.82) is 0 Å². The number of benzene rings is 1. The van der Waals surface area contributed by atoms with Crippen molar-refractivity contribution >= 4 is 17.3 Å². The fourth-order valence-corrected chi connectivity index (χ4v) is 3.44. The van der Waals surface area contributed by atoms with Crippen molar-refractivity contribution in [2.75, 3.05) is 18.0 Å². The van der Waals surface area contributed by atoms with E-state index in [9.17, 15) is 0 Å². The Morgan fingerprint density at radius 3 is 2.52 bits per heavy atom. The van der Waals surface area contributed by atoms with Crippen LogP contribution in [0.25, 0.3) is 0 Å². The van der Waals surface area contributed by atoms with Crippen molar-refractivity contribution in [3.05, 3.63) is 28.8 Å². The maximum atomic E-state index is 6.51. The van der Waals surface area contributed by atoms with E-state index in [1.165, 1.54) is 30.5 Å². The molecule has 0 radical (unpaired) electrons. The van der Waals surface area contributed by atoms with E-state index in [4.69, 9.17) is 17.3 Å². The van der Waals surface area contributed by atoms with Crippen molar-refractivity contribution in [3.63, 3.8) is 0 Å². The summed E-state index contributed by atoms with van der Waals surface area (Å²) in [6, 6.07) is 6.45. The lowest BCUT2D eigenvalue weighted by Gasteiger charge is -2.41. The molecule has 1 aromatic rings. The predicted octanol–water partition coefficient (Wildman–Crippen LogP) is 4.64. The Bertz CT molecular complexity index is 464. The van der Waals surface area contributed by atoms with Gasteiger partial charge in [-0.25, -0.2) is 0 Å². The molecule has 1 aromatic carbocycles. The molecular weight excluding hydrogens is 280 g/mol. The predicted molar refractivity (Wildman–Crippen MR) is 93.3 cm³/mol. The monoisotopic (exact) mass is 308 g/mol. The zero-order valence-electron chi connectivity index (χ0n) is 13.7. The van der Waals surface area contributed by atoms with Gasteiger partial charge >= 0.3 is 0 Å². The normalized spacial score (nSPS) is 19.6. The summed E-state index contributed by atoms with van der Waals surface area (Å²) >= 11 is 6.51. The molecule has 0 saturated carbocycles. The van der Waals surface area contributed by atoms with E-state index in [0.717, 1.165) is 31.0 Å². The number of hydrogen-bond donors (Lipinski definition) is 1. The zero-order chi connectivity index (χ0) is 15.5. The molecule has 1 aliphatic heterocycles. The van der Waals surface area contributed by atoms with Crippen molar-refractivity contribution in [3.8, 4) is 0 Å². The maximum Gasteiger partial charge on any atom is 0.0642 e. The third-order valence-corrected chi connectivity index (χ3v) is 5.52. The molecule has 0 spiro atoms. The van der Waals surface area contributed by atoms with Crippen LogP contribution in [0, 0.1) is 5.41 Å². The summed E-state index contributed by atoms with van der Waals surface area (Å²) in [5.41, 5.74) is 9.18. The Labute approximate surface area is 134 Å². The molecule has 0 aromatic heterocycles. The lowest BCUT2D eigenvalue weighted by molar-refractivity contribution is 0.238. The van der Waals surface area contributed by atoms with Gasteiger partial charge in [0.1, 0.15) is 0 Å². The number of halogens is 1. The molecule has 118 valence electrons. The van der Waals surface area contributed by atoms with Crippen molar-refractivity contribution < 1.29 is 0 Å². The van der Waals surface area contributed by atoms with Gasteiger partial charge in [-0.1, -0.05) is 50.9 Å². The van der Waals surface area contributed by atoms with Gasteiger partial charge in [0.05, 0.1) is 10.7 Å². The number of anilines is 1. The van der Waals surface area contributed by atoms with Crippen LogP contribution in [0.4, 0.5) is 5.69 Å². The molecule has 0 amide bonds. The van der Waals surface area contributed by atoms with Crippen molar-refractivity contribution in [2.45, 2.75) is 58.9 Å². The fraction of sp³-hybridized carbons (Fsp3) is 0.667. The van der Waals surface area contributed by atoms with E-state index in [2.05, 4.69) is 31.7 Å². The van der Waals surface area contributed by atoms with E-state index in [0.29, 0.717) is 5.41 Å². The molecule has 2 N–H and O–H groups in total. The summed E-state index contributed by atoms with van der Waals surface area (Å²) in [4.78, 5) is 2.47. The Morgan fingerprint density at radius 2 is 1.95 bits per heavy atom. The van der Waals surface area contributed by atoms with Crippen LogP contribution in [-0.4, -0.2) is 19.1 Å². The first-order chi connectivity index (χ1) is 9.99. The summed E-state index contributed by atoms with van der Waals surface area (Å²) in [6.07, 6.45) is 5.66. The number of nitrogens with two attached hydrogens (primary N) is 1. The average molecular weight is 309 g/mol. The first-order valence-corrected chi connectivity index (χ1v) is 8.65. The molecule has 1 atom stereocenters. The van der Waals surface area contributed by atoms with Crippen LogP contribution in [0.15, 0.2) is 18.2 Å². The highest BCUT2D eigenvalue weighted by molar-refractivity contribution is 6.33. The van der Waals surface area contributed by atoms with Crippen molar-refractivity contribution in [1.82, 2.24) is 0 Å². The largest absolute Gasteiger partial charge is 0.370 e. The Balaban J connectivity index is 2.19. The van der Waals surface area contributed by atoms with E-state index in [1.54, 1.807) is 0 Å². The van der Waals surface area contributed by atoms with Gasteiger partial charge < -0.3 is 10.6 Å². The summed E-state index contributed by atoms with van der Waals surface area (Å²) in [6.45, 7) is 9.05. The van der Waals surface area contributed by atoms with Crippen LogP contribution in [0.2, 0.25) is 5.02 Å². The topological polar surface area (TPSA) is 29.3 Å². The second-order valence-electron chi connectivity index (χ2n) is 6.77. The second kappa shape index (κ2) is 7.02. The minimum atomic E-state index is 0.216. The summed E-state index contributed by atoms with van der Waals surface area (Å²) in [5.74, 6) is 0. The molecule has 2 rings (SSSR count). The average Bonchev–Trinajstić information content (AvgIpc) is 2.49. The minimum Gasteiger partial charge on any atom is -0.370 e. The molecule has 0 bridgehead atoms. The highest BCUT2D eigenvalue weighted by Gasteiger charge is 2.29. The minimum absolute atomic E-state index is 0.216. The molecule has 1 aliphatic rings. The highest BCUT2D eigenvalue weighted by atomic mass is 35.5. The van der Waals surface area contributed by atoms with E-state index in [1.807, 2.05) is 12.1 Å². The highest BCUT2D eigenvalue weighted by Crippen LogP contribution is 2.39. The smallest absolute Gasteiger partial charge is 0.0642 e. The molecule has 1 unspecified atom stereocenters. The molecule has 3 heteroatoms. The molecular formula is C18H29ClN2. The number of para-hydroxylation sites is 1. The number of hydrogen-bond acceptors (Lipinski definition) is 2. The van der Waals surface area contributed by atoms with Gasteiger partial charge in [0.25, 0.3) is 0 Å². The zero-order valence-corrected chi connectivity index (χ0v) is 14.4. The quantitative estimate of drug-likeness (QED) is 0.859. The molecule has 1 saturated heterocycles. The standard InChI is InChI=1S/C18H29ClN2/c1-4-15(20)13-14-7-6-8-16(19)17(14)21-11-9-18(3,5-2)10-12-21/h6-8,15H,4-5,9-13,20H2,1-3H3. The third-order valence-electron chi connectivity index (χ3n) is 5.22. The molecule has 21 heavy (non-hydrogen) atoms. The van der Waals surface area contributed by atoms with Gasteiger partial charge in [-0.2, -0.15) is 0 Å². The Hall–Kier alpha value is -0.730. The summed E-state index contributed by atoms with van der Waals surface area (Å²) in [5, 5.41) is 0.871.